The molecule has 15 nitrogen and oxygen atoms in total. The van der Waals surface area contributed by atoms with Crippen molar-refractivity contribution in [2.75, 3.05) is 36.9 Å². The zero-order valence-corrected chi connectivity index (χ0v) is 25.3. The number of amides is 2. The SMILES string of the molecule is NCCCCO/N=C(\C(=O)N[C@@H]1C(=O)N2C(C(=O)[O-])=C(C[n+]3ccn4nc(SCCN)ccc43)CS[C@H]12)c1csc(N)n1. The second-order valence-corrected chi connectivity index (χ2v) is 12.6. The van der Waals surface area contributed by atoms with Crippen LogP contribution in [0.15, 0.2) is 51.4 Å². The first kappa shape index (κ1) is 30.7. The number of rotatable bonds is 14. The lowest BCUT2D eigenvalue weighted by Gasteiger charge is -2.50. The Hall–Kier alpha value is -3.71. The minimum absolute atomic E-state index is 0.140. The number of thioether (sulfide) groups is 2. The lowest BCUT2D eigenvalue weighted by atomic mass is 10.0. The molecule has 1 saturated heterocycles. The molecule has 1 fully saturated rings. The average Bonchev–Trinajstić information content (AvgIpc) is 3.61. The van der Waals surface area contributed by atoms with Crippen molar-refractivity contribution >= 4 is 69.1 Å². The molecule has 0 aromatic carbocycles. The maximum Gasteiger partial charge on any atom is 0.307 e. The van der Waals surface area contributed by atoms with Gasteiger partial charge in [-0.15, -0.1) is 39.4 Å². The Morgan fingerprint density at radius 2 is 2.12 bits per heavy atom. The van der Waals surface area contributed by atoms with E-state index < -0.39 is 29.2 Å². The molecule has 228 valence electrons. The molecule has 5 heterocycles. The van der Waals surface area contributed by atoms with E-state index in [2.05, 4.69) is 20.6 Å². The van der Waals surface area contributed by atoms with Crippen LogP contribution in [0, 0.1) is 0 Å². The van der Waals surface area contributed by atoms with Crippen LogP contribution in [0.4, 0.5) is 5.13 Å². The minimum atomic E-state index is -1.47. The maximum absolute atomic E-state index is 13.2. The first-order valence-corrected chi connectivity index (χ1v) is 16.2. The van der Waals surface area contributed by atoms with Gasteiger partial charge >= 0.3 is 5.65 Å². The number of nitrogens with one attached hydrogen (secondary N) is 1. The number of fused-ring (bicyclic) bond motifs is 2. The van der Waals surface area contributed by atoms with Crippen LogP contribution in [-0.2, 0) is 25.8 Å². The molecule has 18 heteroatoms. The summed E-state index contributed by atoms with van der Waals surface area (Å²) in [5, 5.41) is 25.4. The van der Waals surface area contributed by atoms with Crippen LogP contribution in [0.1, 0.15) is 18.5 Å². The average molecular weight is 647 g/mol. The van der Waals surface area contributed by atoms with Crippen molar-refractivity contribution < 1.29 is 28.9 Å². The highest BCUT2D eigenvalue weighted by Gasteiger charge is 2.53. The summed E-state index contributed by atoms with van der Waals surface area (Å²) in [6.45, 7) is 1.49. The lowest BCUT2D eigenvalue weighted by Crippen LogP contribution is -2.71. The number of carbonyl (C=O) groups is 3. The van der Waals surface area contributed by atoms with E-state index in [0.29, 0.717) is 30.8 Å². The molecular weight excluding hydrogens is 617 g/mol. The Morgan fingerprint density at radius 3 is 2.84 bits per heavy atom. The third-order valence-corrected chi connectivity index (χ3v) is 9.55. The largest absolute Gasteiger partial charge is 0.543 e. The van der Waals surface area contributed by atoms with Gasteiger partial charge < -0.3 is 37.3 Å². The van der Waals surface area contributed by atoms with E-state index in [1.54, 1.807) is 22.3 Å². The highest BCUT2D eigenvalue weighted by molar-refractivity contribution is 8.00. The summed E-state index contributed by atoms with van der Waals surface area (Å²) in [5.74, 6) is -1.69. The number of hydrogen-bond acceptors (Lipinski definition) is 14. The number of aromatic nitrogens is 4. The Labute approximate surface area is 258 Å². The number of hydrogen-bond donors (Lipinski definition) is 4. The van der Waals surface area contributed by atoms with E-state index in [-0.39, 0.29) is 35.4 Å². The summed E-state index contributed by atoms with van der Waals surface area (Å²) in [4.78, 5) is 49.4. The number of carboxylic acids is 1. The van der Waals surface area contributed by atoms with E-state index in [9.17, 15) is 19.5 Å². The number of nitrogen functional groups attached to an aromatic ring is 1. The molecular formula is C25H30N10O5S3. The monoisotopic (exact) mass is 646 g/mol. The number of unbranched alkanes of at least 4 members (excludes halogenated alkanes) is 1. The summed E-state index contributed by atoms with van der Waals surface area (Å²) in [6.07, 6.45) is 4.94. The number of nitrogens with zero attached hydrogens (tertiary/aromatic N) is 6. The molecule has 7 N–H and O–H groups in total. The number of nitrogens with two attached hydrogens (primary N) is 3. The molecule has 3 aromatic heterocycles. The topological polar surface area (TPSA) is 223 Å². The van der Waals surface area contributed by atoms with Gasteiger partial charge in [0.1, 0.15) is 41.5 Å². The van der Waals surface area contributed by atoms with Crippen molar-refractivity contribution in [1.82, 2.24) is 24.8 Å². The third-order valence-electron chi connectivity index (χ3n) is 6.58. The molecule has 3 aromatic rings. The number of aliphatic carboxylic acids is 1. The van der Waals surface area contributed by atoms with Crippen molar-refractivity contribution in [3.63, 3.8) is 0 Å². The predicted molar refractivity (Wildman–Crippen MR) is 160 cm³/mol. The van der Waals surface area contributed by atoms with Crippen LogP contribution < -0.4 is 32.2 Å². The van der Waals surface area contributed by atoms with Gasteiger partial charge in [0.25, 0.3) is 11.8 Å². The quantitative estimate of drug-likeness (QED) is 0.0383. The van der Waals surface area contributed by atoms with Crippen LogP contribution in [0.5, 0.6) is 0 Å². The van der Waals surface area contributed by atoms with E-state index in [1.807, 2.05) is 16.7 Å². The van der Waals surface area contributed by atoms with Gasteiger partial charge in [0.05, 0.1) is 11.7 Å². The Kier molecular flexibility index (Phi) is 9.81. The molecule has 2 atom stereocenters. The van der Waals surface area contributed by atoms with Crippen molar-refractivity contribution in [2.24, 2.45) is 16.6 Å². The summed E-state index contributed by atoms with van der Waals surface area (Å²) in [6, 6.07) is 2.78. The number of thiazole rings is 1. The zero-order valence-electron chi connectivity index (χ0n) is 22.9. The normalized spacial score (nSPS) is 18.5. The van der Waals surface area contributed by atoms with Gasteiger partial charge in [-0.1, -0.05) is 10.3 Å². The molecule has 0 aliphatic carbocycles. The smallest absolute Gasteiger partial charge is 0.307 e. The second kappa shape index (κ2) is 13.7. The van der Waals surface area contributed by atoms with Gasteiger partial charge in [0.2, 0.25) is 0 Å². The number of oxime groups is 1. The Balaban J connectivity index is 1.31. The lowest BCUT2D eigenvalue weighted by molar-refractivity contribution is -0.662. The van der Waals surface area contributed by atoms with E-state index in [4.69, 9.17) is 22.0 Å². The first-order valence-electron chi connectivity index (χ1n) is 13.3. The maximum atomic E-state index is 13.2. The van der Waals surface area contributed by atoms with Gasteiger partial charge in [-0.2, -0.15) is 0 Å². The van der Waals surface area contributed by atoms with Gasteiger partial charge in [-0.25, -0.2) is 9.55 Å². The molecule has 2 aliphatic rings. The minimum Gasteiger partial charge on any atom is -0.543 e. The van der Waals surface area contributed by atoms with Crippen molar-refractivity contribution in [1.29, 1.82) is 0 Å². The summed E-state index contributed by atoms with van der Waals surface area (Å²) in [7, 11) is 0. The molecule has 0 bridgehead atoms. The molecule has 5 rings (SSSR count). The van der Waals surface area contributed by atoms with Crippen LogP contribution in [0.25, 0.3) is 5.65 Å². The van der Waals surface area contributed by atoms with Crippen LogP contribution in [0.3, 0.4) is 0 Å². The predicted octanol–water partition coefficient (Wildman–Crippen LogP) is -1.72. The number of β-lactam (4-membered cyclic amide) rings is 1. The highest BCUT2D eigenvalue weighted by Crippen LogP contribution is 2.40. The molecule has 0 radical (unpaired) electrons. The number of carbonyl (C=O) groups excluding carboxylic acids is 3. The summed E-state index contributed by atoms with van der Waals surface area (Å²) in [5.41, 5.74) is 17.9. The van der Waals surface area contributed by atoms with Crippen LogP contribution in [-0.4, -0.2) is 85.6 Å². The number of carboxylic acid groups (broad SMARTS) is 1. The fourth-order valence-electron chi connectivity index (χ4n) is 4.57. The molecule has 2 aliphatic heterocycles. The fraction of sp³-hybridized carbons (Fsp3) is 0.400. The van der Waals surface area contributed by atoms with Crippen molar-refractivity contribution in [3.8, 4) is 0 Å². The summed E-state index contributed by atoms with van der Waals surface area (Å²) >= 11 is 4.01. The van der Waals surface area contributed by atoms with Crippen LogP contribution >= 0.6 is 34.9 Å². The standard InChI is InChI=1S/C25H30N10O5S3/c26-5-1-2-9-40-32-18(15-13-43-25(28)29-15)21(36)30-19-22(37)35-20(24(38)39)14(12-42-23(19)35)11-33-7-8-34-17(33)4-3-16(31-34)41-10-6-27/h3-4,7-8,13,19,23H,1-2,5-6,9-12,26-27H2,(H3-,28,29,30,36,38,39)/b32-18-/t19-,23-/m1/s1. The van der Waals surface area contributed by atoms with Gasteiger partial charge in [-0.3, -0.25) is 14.5 Å². The van der Waals surface area contributed by atoms with E-state index in [0.717, 1.165) is 34.2 Å². The van der Waals surface area contributed by atoms with Gasteiger partial charge in [0, 0.05) is 35.1 Å². The zero-order chi connectivity index (χ0) is 30.5. The van der Waals surface area contributed by atoms with E-state index >= 15 is 0 Å². The van der Waals surface area contributed by atoms with Crippen LogP contribution in [0.2, 0.25) is 0 Å². The van der Waals surface area contributed by atoms with Crippen molar-refractivity contribution in [3.05, 3.63) is 46.9 Å². The second-order valence-electron chi connectivity index (χ2n) is 9.48. The molecule has 0 unspecified atom stereocenters. The summed E-state index contributed by atoms with van der Waals surface area (Å²) < 4.78 is 3.55. The van der Waals surface area contributed by atoms with Gasteiger partial charge in [-0.05, 0) is 25.5 Å². The first-order chi connectivity index (χ1) is 20.8. The number of imidazole rings is 1. The Morgan fingerprint density at radius 1 is 1.28 bits per heavy atom. The molecule has 2 amide bonds. The molecule has 43 heavy (non-hydrogen) atoms. The number of anilines is 1. The fourth-order valence-corrected chi connectivity index (χ4v) is 7.09. The van der Waals surface area contributed by atoms with Gasteiger partial charge in [0.15, 0.2) is 17.0 Å². The Bertz CT molecular complexity index is 1590. The highest BCUT2D eigenvalue weighted by atomic mass is 32.2. The third kappa shape index (κ3) is 6.62. The van der Waals surface area contributed by atoms with Crippen molar-refractivity contribution in [2.45, 2.75) is 35.8 Å². The van der Waals surface area contributed by atoms with E-state index in [1.165, 1.54) is 28.4 Å². The molecule has 0 saturated carbocycles. The molecule has 0 spiro atoms.